The number of nitrogens with two attached hydrogens (primary N) is 2. The Balaban J connectivity index is 1.59. The van der Waals surface area contributed by atoms with Gasteiger partial charge in [-0.15, -0.1) is 0 Å². The van der Waals surface area contributed by atoms with Crippen molar-refractivity contribution in [3.63, 3.8) is 0 Å². The van der Waals surface area contributed by atoms with Gasteiger partial charge in [0.25, 0.3) is 5.91 Å². The van der Waals surface area contributed by atoms with Crippen LogP contribution in [0.25, 0.3) is 0 Å². The second-order valence-electron chi connectivity index (χ2n) is 8.36. The molecule has 1 unspecified atom stereocenters. The molecule has 4 N–H and O–H groups in total. The summed E-state index contributed by atoms with van der Waals surface area (Å²) >= 11 is 0. The van der Waals surface area contributed by atoms with E-state index in [1.165, 1.54) is 12.8 Å². The Labute approximate surface area is 166 Å². The van der Waals surface area contributed by atoms with E-state index in [0.29, 0.717) is 17.4 Å². The van der Waals surface area contributed by atoms with Gasteiger partial charge in [0.05, 0.1) is 0 Å². The van der Waals surface area contributed by atoms with Crippen LogP contribution in [0.2, 0.25) is 0 Å². The quantitative estimate of drug-likeness (QED) is 0.821. The number of likely N-dealkylation sites (tertiary alicyclic amines) is 1. The van der Waals surface area contributed by atoms with E-state index < -0.39 is 5.66 Å². The van der Waals surface area contributed by atoms with Crippen LogP contribution in [-0.2, 0) is 0 Å². The normalized spacial score (nSPS) is 24.7. The molecule has 28 heavy (non-hydrogen) atoms. The molecule has 1 saturated heterocycles. The molecule has 1 spiro atoms. The monoisotopic (exact) mass is 382 g/mol. The highest BCUT2D eigenvalue weighted by Gasteiger charge is 2.42. The molecule has 150 valence electrons. The molecule has 1 aliphatic carbocycles. The average molecular weight is 383 g/mol. The summed E-state index contributed by atoms with van der Waals surface area (Å²) in [5, 5.41) is 0. The van der Waals surface area contributed by atoms with E-state index >= 15 is 0 Å². The molecular weight excluding hydrogens is 352 g/mol. The molecule has 3 aliphatic rings. The van der Waals surface area contributed by atoms with Gasteiger partial charge < -0.3 is 16.4 Å². The number of rotatable bonds is 2. The van der Waals surface area contributed by atoms with E-state index in [0.717, 1.165) is 50.9 Å². The van der Waals surface area contributed by atoms with Crippen LogP contribution >= 0.6 is 0 Å². The maximum Gasteiger partial charge on any atom is 0.253 e. The third kappa shape index (κ3) is 3.45. The zero-order valence-corrected chi connectivity index (χ0v) is 16.6. The molecule has 7 heteroatoms. The Morgan fingerprint density at radius 3 is 2.50 bits per heavy atom. The number of benzene rings is 1. The van der Waals surface area contributed by atoms with Crippen LogP contribution < -0.4 is 16.4 Å². The standard InChI is InChI=1S/C21H30N6O/c1-15-6-5-13-26(14-15)18(28)16-7-9-17(10-8-16)27-20(23)24-19(22)25-21(27)11-3-2-4-12-21/h7-10,15H,2-6,11-14H2,1H3,(H4,22,23,24,25). The first-order valence-corrected chi connectivity index (χ1v) is 10.4. The van der Waals surface area contributed by atoms with Crippen molar-refractivity contribution in [1.82, 2.24) is 4.90 Å². The summed E-state index contributed by atoms with van der Waals surface area (Å²) in [6.45, 7) is 3.88. The van der Waals surface area contributed by atoms with Crippen molar-refractivity contribution in [3.8, 4) is 0 Å². The van der Waals surface area contributed by atoms with E-state index in [-0.39, 0.29) is 11.9 Å². The molecule has 1 atom stereocenters. The van der Waals surface area contributed by atoms with Crippen LogP contribution in [0, 0.1) is 5.92 Å². The lowest BCUT2D eigenvalue weighted by Crippen LogP contribution is -2.58. The van der Waals surface area contributed by atoms with Gasteiger partial charge in [-0.1, -0.05) is 13.3 Å². The fraction of sp³-hybridized carbons (Fsp3) is 0.571. The molecule has 7 nitrogen and oxygen atoms in total. The maximum absolute atomic E-state index is 12.9. The first-order chi connectivity index (χ1) is 13.5. The first-order valence-electron chi connectivity index (χ1n) is 10.4. The van der Waals surface area contributed by atoms with Crippen molar-refractivity contribution in [2.45, 2.75) is 57.5 Å². The number of piperidine rings is 1. The third-order valence-electron chi connectivity index (χ3n) is 6.17. The molecule has 2 fully saturated rings. The second kappa shape index (κ2) is 7.45. The Hall–Kier alpha value is -2.57. The third-order valence-corrected chi connectivity index (χ3v) is 6.17. The zero-order chi connectivity index (χ0) is 19.7. The van der Waals surface area contributed by atoms with Gasteiger partial charge in [0, 0.05) is 24.3 Å². The van der Waals surface area contributed by atoms with Crippen molar-refractivity contribution in [1.29, 1.82) is 0 Å². The van der Waals surface area contributed by atoms with Crippen molar-refractivity contribution in [3.05, 3.63) is 29.8 Å². The van der Waals surface area contributed by atoms with Gasteiger partial charge in [-0.05, 0) is 68.7 Å². The highest BCUT2D eigenvalue weighted by Crippen LogP contribution is 2.39. The number of aliphatic imine (C=N–C) groups is 2. The van der Waals surface area contributed by atoms with E-state index in [4.69, 9.17) is 16.5 Å². The van der Waals surface area contributed by atoms with E-state index in [9.17, 15) is 4.79 Å². The Bertz CT molecular complexity index is 794. The fourth-order valence-electron chi connectivity index (χ4n) is 4.80. The molecule has 1 saturated carbocycles. The average Bonchev–Trinajstić information content (AvgIpc) is 2.68. The molecule has 0 radical (unpaired) electrons. The second-order valence-corrected chi connectivity index (χ2v) is 8.36. The number of guanidine groups is 2. The minimum absolute atomic E-state index is 0.105. The summed E-state index contributed by atoms with van der Waals surface area (Å²) in [4.78, 5) is 25.7. The van der Waals surface area contributed by atoms with Crippen LogP contribution in [-0.4, -0.2) is 41.5 Å². The van der Waals surface area contributed by atoms with Crippen molar-refractivity contribution >= 4 is 23.5 Å². The Kier molecular flexibility index (Phi) is 5.00. The molecule has 0 bridgehead atoms. The van der Waals surface area contributed by atoms with Gasteiger partial charge in [-0.2, -0.15) is 4.99 Å². The number of anilines is 1. The van der Waals surface area contributed by atoms with Gasteiger partial charge >= 0.3 is 0 Å². The predicted octanol–water partition coefficient (Wildman–Crippen LogP) is 2.67. The largest absolute Gasteiger partial charge is 0.369 e. The minimum Gasteiger partial charge on any atom is -0.369 e. The maximum atomic E-state index is 12.9. The number of carbonyl (C=O) groups excluding carboxylic acids is 1. The summed E-state index contributed by atoms with van der Waals surface area (Å²) in [5.74, 6) is 1.30. The Morgan fingerprint density at radius 2 is 1.82 bits per heavy atom. The molecule has 2 aliphatic heterocycles. The molecule has 1 aromatic rings. The first kappa shape index (κ1) is 18.8. The van der Waals surface area contributed by atoms with Crippen LogP contribution in [0.5, 0.6) is 0 Å². The Morgan fingerprint density at radius 1 is 1.11 bits per heavy atom. The van der Waals surface area contributed by atoms with Crippen LogP contribution in [0.15, 0.2) is 34.3 Å². The fourth-order valence-corrected chi connectivity index (χ4v) is 4.80. The molecule has 1 amide bonds. The van der Waals surface area contributed by atoms with Gasteiger partial charge in [0.15, 0.2) is 0 Å². The van der Waals surface area contributed by atoms with Gasteiger partial charge in [-0.3, -0.25) is 9.69 Å². The van der Waals surface area contributed by atoms with Gasteiger partial charge in [0.1, 0.15) is 5.66 Å². The van der Waals surface area contributed by atoms with Crippen LogP contribution in [0.1, 0.15) is 62.2 Å². The predicted molar refractivity (Wildman–Crippen MR) is 112 cm³/mol. The topological polar surface area (TPSA) is 100 Å². The van der Waals surface area contributed by atoms with Crippen molar-refractivity contribution < 1.29 is 4.79 Å². The summed E-state index contributed by atoms with van der Waals surface area (Å²) in [5.41, 5.74) is 13.4. The lowest BCUT2D eigenvalue weighted by atomic mass is 9.87. The molecular formula is C21H30N6O. The highest BCUT2D eigenvalue weighted by atomic mass is 16.2. The lowest BCUT2D eigenvalue weighted by Gasteiger charge is -2.45. The molecule has 2 heterocycles. The number of amides is 1. The van der Waals surface area contributed by atoms with E-state index in [1.807, 2.05) is 34.1 Å². The summed E-state index contributed by atoms with van der Waals surface area (Å²) < 4.78 is 0. The smallest absolute Gasteiger partial charge is 0.253 e. The number of carbonyl (C=O) groups is 1. The van der Waals surface area contributed by atoms with Crippen molar-refractivity contribution in [2.24, 2.45) is 27.4 Å². The van der Waals surface area contributed by atoms with Crippen LogP contribution in [0.4, 0.5) is 5.69 Å². The van der Waals surface area contributed by atoms with Crippen LogP contribution in [0.3, 0.4) is 0 Å². The SMILES string of the molecule is CC1CCCN(C(=O)c2ccc(N3C(N)=NC(N)=NC34CCCCC4)cc2)C1. The summed E-state index contributed by atoms with van der Waals surface area (Å²) in [6.07, 6.45) is 7.45. The van der Waals surface area contributed by atoms with Gasteiger partial charge in [0.2, 0.25) is 11.9 Å². The summed E-state index contributed by atoms with van der Waals surface area (Å²) in [6, 6.07) is 7.69. The van der Waals surface area contributed by atoms with Gasteiger partial charge in [-0.25, -0.2) is 4.99 Å². The number of nitrogens with zero attached hydrogens (tertiary/aromatic N) is 4. The molecule has 4 rings (SSSR count). The van der Waals surface area contributed by atoms with E-state index in [2.05, 4.69) is 11.9 Å². The minimum atomic E-state index is -0.456. The number of hydrogen-bond acceptors (Lipinski definition) is 6. The highest BCUT2D eigenvalue weighted by molar-refractivity contribution is 6.06. The molecule has 1 aromatic carbocycles. The lowest BCUT2D eigenvalue weighted by molar-refractivity contribution is 0.0683. The zero-order valence-electron chi connectivity index (χ0n) is 16.6. The molecule has 0 aromatic heterocycles. The van der Waals surface area contributed by atoms with Crippen molar-refractivity contribution in [2.75, 3.05) is 18.0 Å². The summed E-state index contributed by atoms with van der Waals surface area (Å²) in [7, 11) is 0. The number of hydrogen-bond donors (Lipinski definition) is 2. The van der Waals surface area contributed by atoms with E-state index in [1.54, 1.807) is 0 Å².